The summed E-state index contributed by atoms with van der Waals surface area (Å²) < 4.78 is 0. The van der Waals surface area contributed by atoms with Crippen molar-refractivity contribution in [1.82, 2.24) is 0 Å². The molecule has 74 valence electrons. The second-order valence-corrected chi connectivity index (χ2v) is 4.21. The van der Waals surface area contributed by atoms with Gasteiger partial charge in [0.2, 0.25) is 0 Å². The van der Waals surface area contributed by atoms with Crippen LogP contribution in [0.1, 0.15) is 24.8 Å². The predicted molar refractivity (Wildman–Crippen MR) is 62.5 cm³/mol. The molecular weight excluding hydrogens is 192 g/mol. The lowest BCUT2D eigenvalue weighted by atomic mass is 9.87. The highest BCUT2D eigenvalue weighted by atomic mass is 35.5. The van der Waals surface area contributed by atoms with Crippen LogP contribution in [-0.4, -0.2) is 5.88 Å². The highest BCUT2D eigenvalue weighted by molar-refractivity contribution is 6.18. The lowest BCUT2D eigenvalue weighted by molar-refractivity contribution is 0.542. The standard InChI is InChI=1S/C13H15Cl/c14-10-11-5-4-8-13(9-11)12-6-2-1-3-7-12/h1-3,6-8,11H,4-5,9-10H2. The first-order valence-corrected chi connectivity index (χ1v) is 5.74. The first-order valence-electron chi connectivity index (χ1n) is 5.20. The molecule has 0 nitrogen and oxygen atoms in total. The average Bonchev–Trinajstić information content (AvgIpc) is 2.30. The summed E-state index contributed by atoms with van der Waals surface area (Å²) in [6, 6.07) is 10.6. The van der Waals surface area contributed by atoms with E-state index in [9.17, 15) is 0 Å². The van der Waals surface area contributed by atoms with Crippen LogP contribution in [0.5, 0.6) is 0 Å². The van der Waals surface area contributed by atoms with Gasteiger partial charge in [0.05, 0.1) is 0 Å². The van der Waals surface area contributed by atoms with Gasteiger partial charge in [0, 0.05) is 5.88 Å². The molecule has 1 heteroatoms. The third-order valence-corrected chi connectivity index (χ3v) is 3.27. The normalized spacial score (nSPS) is 21.8. The maximum atomic E-state index is 5.91. The van der Waals surface area contributed by atoms with E-state index in [0.717, 1.165) is 12.3 Å². The van der Waals surface area contributed by atoms with Gasteiger partial charge in [-0.15, -0.1) is 11.6 Å². The molecule has 1 aliphatic carbocycles. The zero-order valence-electron chi connectivity index (χ0n) is 8.25. The molecule has 0 aliphatic heterocycles. The fourth-order valence-electron chi connectivity index (χ4n) is 2.01. The minimum absolute atomic E-state index is 0.678. The molecule has 0 heterocycles. The summed E-state index contributed by atoms with van der Waals surface area (Å²) in [5, 5.41) is 0. The Balaban J connectivity index is 2.16. The fourth-order valence-corrected chi connectivity index (χ4v) is 2.27. The Morgan fingerprint density at radius 1 is 1.21 bits per heavy atom. The zero-order chi connectivity index (χ0) is 9.80. The van der Waals surface area contributed by atoms with E-state index in [1.54, 1.807) is 0 Å². The van der Waals surface area contributed by atoms with Crippen LogP contribution in [0.2, 0.25) is 0 Å². The third-order valence-electron chi connectivity index (χ3n) is 2.84. The number of hydrogen-bond acceptors (Lipinski definition) is 0. The molecular formula is C13H15Cl. The van der Waals surface area contributed by atoms with Gasteiger partial charge in [-0.2, -0.15) is 0 Å². The van der Waals surface area contributed by atoms with Crippen LogP contribution in [0.4, 0.5) is 0 Å². The molecule has 14 heavy (non-hydrogen) atoms. The average molecular weight is 207 g/mol. The Kier molecular flexibility index (Phi) is 3.26. The van der Waals surface area contributed by atoms with Crippen molar-refractivity contribution < 1.29 is 0 Å². The van der Waals surface area contributed by atoms with Crippen LogP contribution >= 0.6 is 11.6 Å². The van der Waals surface area contributed by atoms with Crippen LogP contribution in [0.3, 0.4) is 0 Å². The molecule has 0 radical (unpaired) electrons. The van der Waals surface area contributed by atoms with Gasteiger partial charge in [-0.05, 0) is 36.3 Å². The molecule has 1 atom stereocenters. The highest BCUT2D eigenvalue weighted by Crippen LogP contribution is 2.31. The van der Waals surface area contributed by atoms with Crippen LogP contribution in [0.25, 0.3) is 5.57 Å². The lowest BCUT2D eigenvalue weighted by Crippen LogP contribution is -2.07. The maximum Gasteiger partial charge on any atom is 0.0255 e. The van der Waals surface area contributed by atoms with Crippen LogP contribution in [0, 0.1) is 5.92 Å². The van der Waals surface area contributed by atoms with E-state index >= 15 is 0 Å². The van der Waals surface area contributed by atoms with Crippen molar-refractivity contribution in [3.8, 4) is 0 Å². The Hall–Kier alpha value is -0.750. The number of benzene rings is 1. The molecule has 0 amide bonds. The molecule has 1 aromatic carbocycles. The molecule has 0 bridgehead atoms. The van der Waals surface area contributed by atoms with E-state index < -0.39 is 0 Å². The number of halogens is 1. The minimum atomic E-state index is 0.678. The Bertz CT molecular complexity index is 313. The molecule has 1 aromatic rings. The first-order chi connectivity index (χ1) is 6.90. The second-order valence-electron chi connectivity index (χ2n) is 3.90. The number of alkyl halides is 1. The molecule has 0 saturated carbocycles. The van der Waals surface area contributed by atoms with Gasteiger partial charge in [-0.25, -0.2) is 0 Å². The van der Waals surface area contributed by atoms with Gasteiger partial charge in [0.25, 0.3) is 0 Å². The number of hydrogen-bond donors (Lipinski definition) is 0. The quantitative estimate of drug-likeness (QED) is 0.639. The van der Waals surface area contributed by atoms with Crippen LogP contribution < -0.4 is 0 Å². The second kappa shape index (κ2) is 4.65. The molecule has 1 aliphatic rings. The van der Waals surface area contributed by atoms with Crippen LogP contribution in [-0.2, 0) is 0 Å². The van der Waals surface area contributed by atoms with E-state index in [0.29, 0.717) is 5.92 Å². The van der Waals surface area contributed by atoms with E-state index in [-0.39, 0.29) is 0 Å². The molecule has 0 fully saturated rings. The Morgan fingerprint density at radius 3 is 2.71 bits per heavy atom. The topological polar surface area (TPSA) is 0 Å². The van der Waals surface area contributed by atoms with Crippen molar-refractivity contribution in [2.45, 2.75) is 19.3 Å². The summed E-state index contributed by atoms with van der Waals surface area (Å²) in [7, 11) is 0. The number of rotatable bonds is 2. The smallest absolute Gasteiger partial charge is 0.0255 e. The Morgan fingerprint density at radius 2 is 2.00 bits per heavy atom. The summed E-state index contributed by atoms with van der Waals surface area (Å²) in [6.45, 7) is 0. The summed E-state index contributed by atoms with van der Waals surface area (Å²) in [6.07, 6.45) is 5.94. The number of allylic oxidation sites excluding steroid dienone is 2. The maximum absolute atomic E-state index is 5.91. The molecule has 2 rings (SSSR count). The van der Waals surface area contributed by atoms with Crippen molar-refractivity contribution in [3.63, 3.8) is 0 Å². The van der Waals surface area contributed by atoms with Gasteiger partial charge in [-0.3, -0.25) is 0 Å². The van der Waals surface area contributed by atoms with E-state index in [1.165, 1.54) is 24.0 Å². The van der Waals surface area contributed by atoms with Gasteiger partial charge >= 0.3 is 0 Å². The summed E-state index contributed by atoms with van der Waals surface area (Å²) in [5.41, 5.74) is 2.84. The minimum Gasteiger partial charge on any atom is -0.126 e. The zero-order valence-corrected chi connectivity index (χ0v) is 9.00. The van der Waals surface area contributed by atoms with Gasteiger partial charge in [0.1, 0.15) is 0 Å². The van der Waals surface area contributed by atoms with E-state index in [4.69, 9.17) is 11.6 Å². The third kappa shape index (κ3) is 2.19. The van der Waals surface area contributed by atoms with E-state index in [2.05, 4.69) is 36.4 Å². The van der Waals surface area contributed by atoms with Crippen molar-refractivity contribution in [2.75, 3.05) is 5.88 Å². The Labute approximate surface area is 90.6 Å². The summed E-state index contributed by atoms with van der Waals surface area (Å²) in [5.74, 6) is 1.47. The van der Waals surface area contributed by atoms with Crippen molar-refractivity contribution in [1.29, 1.82) is 0 Å². The monoisotopic (exact) mass is 206 g/mol. The van der Waals surface area contributed by atoms with Crippen LogP contribution in [0.15, 0.2) is 36.4 Å². The van der Waals surface area contributed by atoms with Gasteiger partial charge in [-0.1, -0.05) is 36.4 Å². The lowest BCUT2D eigenvalue weighted by Gasteiger charge is -2.20. The largest absolute Gasteiger partial charge is 0.126 e. The molecule has 0 saturated heterocycles. The van der Waals surface area contributed by atoms with Gasteiger partial charge < -0.3 is 0 Å². The molecule has 1 unspecified atom stereocenters. The SMILES string of the molecule is ClCC1CCC=C(c2ccccc2)C1. The van der Waals surface area contributed by atoms with Crippen molar-refractivity contribution >= 4 is 17.2 Å². The first kappa shape index (κ1) is 9.79. The van der Waals surface area contributed by atoms with Crippen molar-refractivity contribution in [3.05, 3.63) is 42.0 Å². The predicted octanol–water partition coefficient (Wildman–Crippen LogP) is 4.11. The van der Waals surface area contributed by atoms with Crippen molar-refractivity contribution in [2.24, 2.45) is 5.92 Å². The highest BCUT2D eigenvalue weighted by Gasteiger charge is 2.14. The molecule has 0 spiro atoms. The molecule has 0 N–H and O–H groups in total. The molecule has 0 aromatic heterocycles. The summed E-state index contributed by atoms with van der Waals surface area (Å²) >= 11 is 5.91. The summed E-state index contributed by atoms with van der Waals surface area (Å²) in [4.78, 5) is 0. The van der Waals surface area contributed by atoms with E-state index in [1.807, 2.05) is 0 Å². The van der Waals surface area contributed by atoms with Gasteiger partial charge in [0.15, 0.2) is 0 Å². The fraction of sp³-hybridized carbons (Fsp3) is 0.385.